The standard InChI is InChI=1S/C10H20N2O4/c1-6(5-11)3-4-8(14)12-9(7(2)13)10(15)16/h6-7,9,13H,3-5,11H2,1-2H3,(H,12,14)(H,15,16). The molecule has 5 N–H and O–H groups in total. The summed E-state index contributed by atoms with van der Waals surface area (Å²) in [5, 5.41) is 20.1. The van der Waals surface area contributed by atoms with Crippen LogP contribution in [-0.2, 0) is 9.59 Å². The van der Waals surface area contributed by atoms with Gasteiger partial charge in [0.05, 0.1) is 6.10 Å². The molecule has 6 nitrogen and oxygen atoms in total. The first-order valence-electron chi connectivity index (χ1n) is 5.28. The Morgan fingerprint density at radius 2 is 1.94 bits per heavy atom. The molecule has 16 heavy (non-hydrogen) atoms. The molecule has 0 bridgehead atoms. The largest absolute Gasteiger partial charge is 0.480 e. The Labute approximate surface area is 94.8 Å². The predicted molar refractivity (Wildman–Crippen MR) is 58.7 cm³/mol. The minimum absolute atomic E-state index is 0.217. The molecule has 3 atom stereocenters. The van der Waals surface area contributed by atoms with Crippen molar-refractivity contribution in [1.29, 1.82) is 0 Å². The van der Waals surface area contributed by atoms with Crippen molar-refractivity contribution < 1.29 is 19.8 Å². The van der Waals surface area contributed by atoms with Gasteiger partial charge in [-0.15, -0.1) is 0 Å². The van der Waals surface area contributed by atoms with Crippen LogP contribution in [0.25, 0.3) is 0 Å². The molecular weight excluding hydrogens is 212 g/mol. The van der Waals surface area contributed by atoms with E-state index in [0.717, 1.165) is 0 Å². The fraction of sp³-hybridized carbons (Fsp3) is 0.800. The SMILES string of the molecule is CC(CN)CCC(=O)NC(C(=O)O)C(C)O. The maximum absolute atomic E-state index is 11.4. The van der Waals surface area contributed by atoms with E-state index in [1.54, 1.807) is 0 Å². The van der Waals surface area contributed by atoms with Gasteiger partial charge in [-0.3, -0.25) is 4.79 Å². The van der Waals surface area contributed by atoms with Crippen LogP contribution in [0.4, 0.5) is 0 Å². The van der Waals surface area contributed by atoms with Gasteiger partial charge in [-0.05, 0) is 25.8 Å². The minimum atomic E-state index is -1.25. The van der Waals surface area contributed by atoms with Crippen LogP contribution >= 0.6 is 0 Å². The van der Waals surface area contributed by atoms with Gasteiger partial charge in [0.25, 0.3) is 0 Å². The molecule has 6 heteroatoms. The maximum Gasteiger partial charge on any atom is 0.328 e. The Hall–Kier alpha value is -1.14. The van der Waals surface area contributed by atoms with E-state index >= 15 is 0 Å². The fourth-order valence-corrected chi connectivity index (χ4v) is 1.13. The van der Waals surface area contributed by atoms with Crippen LogP contribution < -0.4 is 11.1 Å². The van der Waals surface area contributed by atoms with Gasteiger partial charge in [0.15, 0.2) is 6.04 Å². The quantitative estimate of drug-likeness (QED) is 0.464. The third-order valence-corrected chi connectivity index (χ3v) is 2.33. The van der Waals surface area contributed by atoms with Crippen molar-refractivity contribution in [2.45, 2.75) is 38.8 Å². The number of amides is 1. The molecule has 0 saturated heterocycles. The van der Waals surface area contributed by atoms with E-state index in [0.29, 0.717) is 13.0 Å². The van der Waals surface area contributed by atoms with E-state index in [-0.39, 0.29) is 18.2 Å². The van der Waals surface area contributed by atoms with Crippen molar-refractivity contribution in [3.63, 3.8) is 0 Å². The van der Waals surface area contributed by atoms with Gasteiger partial charge in [-0.1, -0.05) is 6.92 Å². The molecule has 0 heterocycles. The molecule has 0 fully saturated rings. The lowest BCUT2D eigenvalue weighted by Gasteiger charge is -2.17. The molecule has 0 rings (SSSR count). The van der Waals surface area contributed by atoms with Crippen molar-refractivity contribution in [2.75, 3.05) is 6.54 Å². The number of carbonyl (C=O) groups is 2. The molecule has 0 radical (unpaired) electrons. The first-order chi connectivity index (χ1) is 7.38. The van der Waals surface area contributed by atoms with Crippen LogP contribution in [0.3, 0.4) is 0 Å². The summed E-state index contributed by atoms with van der Waals surface area (Å²) in [6, 6.07) is -1.25. The minimum Gasteiger partial charge on any atom is -0.480 e. The summed E-state index contributed by atoms with van der Waals surface area (Å²) in [5.74, 6) is -1.40. The monoisotopic (exact) mass is 232 g/mol. The summed E-state index contributed by atoms with van der Waals surface area (Å²) in [6.07, 6.45) is -0.294. The number of hydrogen-bond donors (Lipinski definition) is 4. The number of nitrogens with one attached hydrogen (secondary N) is 1. The number of aliphatic hydroxyl groups is 1. The van der Waals surface area contributed by atoms with Crippen molar-refractivity contribution in [3.05, 3.63) is 0 Å². The first kappa shape index (κ1) is 14.9. The average Bonchev–Trinajstić information content (AvgIpc) is 2.21. The molecule has 94 valence electrons. The Morgan fingerprint density at radius 3 is 2.31 bits per heavy atom. The van der Waals surface area contributed by atoms with Gasteiger partial charge in [-0.25, -0.2) is 4.79 Å². The normalized spacial score (nSPS) is 16.2. The number of nitrogens with two attached hydrogens (primary N) is 1. The Kier molecular flexibility index (Phi) is 6.67. The van der Waals surface area contributed by atoms with Gasteiger partial charge in [-0.2, -0.15) is 0 Å². The number of hydrogen-bond acceptors (Lipinski definition) is 4. The van der Waals surface area contributed by atoms with E-state index in [9.17, 15) is 9.59 Å². The van der Waals surface area contributed by atoms with E-state index in [4.69, 9.17) is 15.9 Å². The zero-order valence-corrected chi connectivity index (χ0v) is 9.64. The molecule has 0 aliphatic rings. The van der Waals surface area contributed by atoms with Crippen molar-refractivity contribution in [2.24, 2.45) is 11.7 Å². The van der Waals surface area contributed by atoms with Crippen LogP contribution in [0.1, 0.15) is 26.7 Å². The van der Waals surface area contributed by atoms with Crippen molar-refractivity contribution >= 4 is 11.9 Å². The molecule has 0 saturated carbocycles. The van der Waals surface area contributed by atoms with Gasteiger partial charge in [0, 0.05) is 6.42 Å². The lowest BCUT2D eigenvalue weighted by atomic mass is 10.1. The number of aliphatic carboxylic acids is 1. The summed E-state index contributed by atoms with van der Waals surface area (Å²) < 4.78 is 0. The molecule has 3 unspecified atom stereocenters. The van der Waals surface area contributed by atoms with Gasteiger partial charge in [0.2, 0.25) is 5.91 Å². The van der Waals surface area contributed by atoms with Crippen molar-refractivity contribution in [3.8, 4) is 0 Å². The highest BCUT2D eigenvalue weighted by Crippen LogP contribution is 2.03. The van der Waals surface area contributed by atoms with Crippen molar-refractivity contribution in [1.82, 2.24) is 5.32 Å². The molecule has 1 amide bonds. The van der Waals surface area contributed by atoms with Crippen LogP contribution in [0.5, 0.6) is 0 Å². The molecular formula is C10H20N2O4. The van der Waals surface area contributed by atoms with Gasteiger partial charge in [0.1, 0.15) is 0 Å². The fourth-order valence-electron chi connectivity index (χ4n) is 1.13. The maximum atomic E-state index is 11.4. The third-order valence-electron chi connectivity index (χ3n) is 2.33. The Morgan fingerprint density at radius 1 is 1.38 bits per heavy atom. The van der Waals surface area contributed by atoms with E-state index in [1.165, 1.54) is 6.92 Å². The molecule has 0 aromatic heterocycles. The average molecular weight is 232 g/mol. The number of aliphatic hydroxyl groups excluding tert-OH is 1. The first-order valence-corrected chi connectivity index (χ1v) is 5.28. The van der Waals surface area contributed by atoms with Crippen LogP contribution in [0.15, 0.2) is 0 Å². The Bertz CT molecular complexity index is 243. The highest BCUT2D eigenvalue weighted by molar-refractivity contribution is 5.83. The summed E-state index contributed by atoms with van der Waals surface area (Å²) in [7, 11) is 0. The zero-order chi connectivity index (χ0) is 12.7. The molecule has 0 aliphatic carbocycles. The number of carboxylic acid groups (broad SMARTS) is 1. The second kappa shape index (κ2) is 7.19. The van der Waals surface area contributed by atoms with Crippen LogP contribution in [0.2, 0.25) is 0 Å². The van der Waals surface area contributed by atoms with Gasteiger partial charge >= 0.3 is 5.97 Å². The second-order valence-corrected chi connectivity index (χ2v) is 4.00. The highest BCUT2D eigenvalue weighted by Gasteiger charge is 2.24. The van der Waals surface area contributed by atoms with Crippen LogP contribution in [-0.4, -0.2) is 40.8 Å². The third kappa shape index (κ3) is 5.67. The smallest absolute Gasteiger partial charge is 0.328 e. The zero-order valence-electron chi connectivity index (χ0n) is 9.64. The summed E-state index contributed by atoms with van der Waals surface area (Å²) in [6.45, 7) is 3.73. The summed E-state index contributed by atoms with van der Waals surface area (Å²) in [5.41, 5.74) is 5.39. The van der Waals surface area contributed by atoms with E-state index in [1.807, 2.05) is 6.92 Å². The van der Waals surface area contributed by atoms with E-state index < -0.39 is 18.1 Å². The molecule has 0 aromatic rings. The molecule has 0 aromatic carbocycles. The highest BCUT2D eigenvalue weighted by atomic mass is 16.4. The topological polar surface area (TPSA) is 113 Å². The summed E-state index contributed by atoms with van der Waals surface area (Å²) in [4.78, 5) is 22.0. The number of carboxylic acids is 1. The molecule has 0 spiro atoms. The number of rotatable bonds is 7. The Balaban J connectivity index is 4.06. The van der Waals surface area contributed by atoms with Crippen LogP contribution in [0, 0.1) is 5.92 Å². The second-order valence-electron chi connectivity index (χ2n) is 4.00. The molecule has 0 aliphatic heterocycles. The van der Waals surface area contributed by atoms with E-state index in [2.05, 4.69) is 5.32 Å². The van der Waals surface area contributed by atoms with Gasteiger partial charge < -0.3 is 21.3 Å². The predicted octanol–water partition coefficient (Wildman–Crippen LogP) is -0.688. The lowest BCUT2D eigenvalue weighted by molar-refractivity contribution is -0.144. The lowest BCUT2D eigenvalue weighted by Crippen LogP contribution is -2.47. The summed E-state index contributed by atoms with van der Waals surface area (Å²) >= 11 is 0. The number of carbonyl (C=O) groups excluding carboxylic acids is 1.